The van der Waals surface area contributed by atoms with E-state index in [1.165, 1.54) is 18.2 Å². The average Bonchev–Trinajstić information content (AvgIpc) is 2.94. The molecule has 0 bridgehead atoms. The molecule has 222 valence electrons. The normalized spacial score (nSPS) is 19.6. The zero-order valence-electron chi connectivity index (χ0n) is 23.9. The van der Waals surface area contributed by atoms with E-state index in [1.807, 2.05) is 13.8 Å². The van der Waals surface area contributed by atoms with Crippen molar-refractivity contribution in [2.24, 2.45) is 5.92 Å². The van der Waals surface area contributed by atoms with Gasteiger partial charge in [0.25, 0.3) is 0 Å². The summed E-state index contributed by atoms with van der Waals surface area (Å²) in [6, 6.07) is 11.2. The van der Waals surface area contributed by atoms with Crippen LogP contribution in [-0.2, 0) is 16.0 Å². The molecule has 0 spiro atoms. The molecule has 1 fully saturated rings. The number of halogens is 2. The van der Waals surface area contributed by atoms with E-state index in [0.717, 1.165) is 30.6 Å². The molecule has 4 N–H and O–H groups in total. The Labute approximate surface area is 242 Å². The largest absolute Gasteiger partial charge is 0.395 e. The van der Waals surface area contributed by atoms with Crippen LogP contribution in [0.5, 0.6) is 0 Å². The van der Waals surface area contributed by atoms with Gasteiger partial charge in [0.05, 0.1) is 12.7 Å². The van der Waals surface area contributed by atoms with Crippen LogP contribution in [0.15, 0.2) is 42.5 Å². The highest BCUT2D eigenvalue weighted by Gasteiger charge is 2.30. The van der Waals surface area contributed by atoms with Crippen molar-refractivity contribution in [2.45, 2.75) is 83.4 Å². The summed E-state index contributed by atoms with van der Waals surface area (Å²) in [7, 11) is 0. The molecule has 1 aliphatic heterocycles. The first-order chi connectivity index (χ1) is 19.3. The molecule has 0 aromatic heterocycles. The second kappa shape index (κ2) is 17.0. The third-order valence-electron chi connectivity index (χ3n) is 7.48. The summed E-state index contributed by atoms with van der Waals surface area (Å²) in [6.45, 7) is 7.39. The van der Waals surface area contributed by atoms with E-state index in [1.54, 1.807) is 36.2 Å². The number of ether oxygens (including phenoxy) is 1. The highest BCUT2D eigenvalue weighted by atomic mass is 32.2. The molecule has 0 aliphatic carbocycles. The van der Waals surface area contributed by atoms with Crippen LogP contribution in [0, 0.1) is 17.6 Å². The summed E-state index contributed by atoms with van der Waals surface area (Å²) in [5.41, 5.74) is 1.90. The van der Waals surface area contributed by atoms with Gasteiger partial charge in [-0.05, 0) is 87.6 Å². The number of aliphatic hydroxyl groups excluding tert-OH is 1. The van der Waals surface area contributed by atoms with Gasteiger partial charge in [-0.3, -0.25) is 9.52 Å². The fourth-order valence-electron chi connectivity index (χ4n) is 5.20. The highest BCUT2D eigenvalue weighted by Crippen LogP contribution is 2.37. The molecule has 9 heteroatoms. The van der Waals surface area contributed by atoms with Gasteiger partial charge in [0, 0.05) is 48.7 Å². The van der Waals surface area contributed by atoms with Crippen LogP contribution in [0.2, 0.25) is 0 Å². The lowest BCUT2D eigenvalue weighted by molar-refractivity contribution is -0.117. The third kappa shape index (κ3) is 10.4. The van der Waals surface area contributed by atoms with E-state index >= 15 is 4.39 Å². The lowest BCUT2D eigenvalue weighted by atomic mass is 9.77. The van der Waals surface area contributed by atoms with E-state index < -0.39 is 0 Å². The Morgan fingerprint density at radius 1 is 1.20 bits per heavy atom. The third-order valence-corrected chi connectivity index (χ3v) is 8.59. The van der Waals surface area contributed by atoms with Crippen LogP contribution < -0.4 is 15.4 Å². The van der Waals surface area contributed by atoms with Gasteiger partial charge < -0.3 is 20.5 Å². The zero-order valence-corrected chi connectivity index (χ0v) is 24.7. The van der Waals surface area contributed by atoms with Crippen LogP contribution in [0.1, 0.15) is 69.9 Å². The minimum absolute atomic E-state index is 0.0310. The fraction of sp³-hybridized carbons (Fsp3) is 0.581. The number of anilines is 1. The van der Waals surface area contributed by atoms with Crippen LogP contribution >= 0.6 is 11.9 Å². The molecular weight excluding hydrogens is 532 g/mol. The van der Waals surface area contributed by atoms with Gasteiger partial charge >= 0.3 is 0 Å². The SMILES string of the molecule is CCCSNC(CCc1c(F)cccc1NC(=O)CC(c1ccc(F)cc1)C1CCOC(C)C1)CN[C@H](C)CO. The molecular formula is C31H45F2N3O3S. The van der Waals surface area contributed by atoms with Crippen molar-refractivity contribution in [1.82, 2.24) is 10.0 Å². The molecule has 5 atom stereocenters. The number of hydrogen-bond acceptors (Lipinski definition) is 6. The molecule has 4 unspecified atom stereocenters. The standard InChI is InChI=1S/C31H45F2N3O3S/c1-4-16-40-36-26(19-34-21(2)20-37)12-13-27-29(33)6-5-7-30(27)35-31(38)18-28(23-8-10-25(32)11-9-23)24-14-15-39-22(3)17-24/h5-11,21-22,24,26,28,34,36-37H,4,12-20H2,1-3H3,(H,35,38)/t21-,22?,24?,26?,28?/m1/s1. The summed E-state index contributed by atoms with van der Waals surface area (Å²) in [5, 5.41) is 15.7. The average molecular weight is 578 g/mol. The Morgan fingerprint density at radius 3 is 2.67 bits per heavy atom. The molecule has 1 aliphatic rings. The molecule has 1 heterocycles. The molecule has 3 rings (SSSR count). The smallest absolute Gasteiger partial charge is 0.225 e. The van der Waals surface area contributed by atoms with Gasteiger partial charge in [0.2, 0.25) is 5.91 Å². The second-order valence-corrected chi connectivity index (χ2v) is 11.8. The van der Waals surface area contributed by atoms with Gasteiger partial charge in [-0.25, -0.2) is 8.78 Å². The van der Waals surface area contributed by atoms with Crippen molar-refractivity contribution < 1.29 is 23.4 Å². The number of nitrogens with one attached hydrogen (secondary N) is 3. The number of carbonyl (C=O) groups excluding carboxylic acids is 1. The maximum absolute atomic E-state index is 15.1. The van der Waals surface area contributed by atoms with E-state index in [-0.39, 0.29) is 60.6 Å². The number of benzene rings is 2. The van der Waals surface area contributed by atoms with Crippen molar-refractivity contribution in [1.29, 1.82) is 0 Å². The number of amides is 1. The number of aliphatic hydroxyl groups is 1. The van der Waals surface area contributed by atoms with Crippen molar-refractivity contribution >= 4 is 23.5 Å². The Balaban J connectivity index is 1.71. The fourth-order valence-corrected chi connectivity index (χ4v) is 5.96. The quantitative estimate of drug-likeness (QED) is 0.149. The molecule has 2 aromatic rings. The molecule has 2 aromatic carbocycles. The summed E-state index contributed by atoms with van der Waals surface area (Å²) < 4.78 is 37.9. The second-order valence-electron chi connectivity index (χ2n) is 10.8. The Hall–Kier alpha value is -2.04. The van der Waals surface area contributed by atoms with E-state index in [0.29, 0.717) is 37.2 Å². The Kier molecular flexibility index (Phi) is 13.8. The van der Waals surface area contributed by atoms with Gasteiger partial charge in [0.1, 0.15) is 11.6 Å². The Morgan fingerprint density at radius 2 is 1.98 bits per heavy atom. The maximum atomic E-state index is 15.1. The summed E-state index contributed by atoms with van der Waals surface area (Å²) in [6.07, 6.45) is 4.13. The monoisotopic (exact) mass is 577 g/mol. The summed E-state index contributed by atoms with van der Waals surface area (Å²) in [5.74, 6) is 0.267. The summed E-state index contributed by atoms with van der Waals surface area (Å²) in [4.78, 5) is 13.4. The van der Waals surface area contributed by atoms with Crippen molar-refractivity contribution in [3.63, 3.8) is 0 Å². The first kappa shape index (κ1) is 32.5. The van der Waals surface area contributed by atoms with Crippen molar-refractivity contribution in [3.05, 3.63) is 65.2 Å². The van der Waals surface area contributed by atoms with Crippen LogP contribution in [0.25, 0.3) is 0 Å². The summed E-state index contributed by atoms with van der Waals surface area (Å²) >= 11 is 1.65. The maximum Gasteiger partial charge on any atom is 0.225 e. The van der Waals surface area contributed by atoms with Crippen LogP contribution in [-0.4, -0.2) is 54.7 Å². The Bertz CT molecular complexity index is 1040. The number of rotatable bonds is 16. The van der Waals surface area contributed by atoms with Gasteiger partial charge in [-0.15, -0.1) is 0 Å². The predicted molar refractivity (Wildman–Crippen MR) is 159 cm³/mol. The number of carbonyl (C=O) groups is 1. The predicted octanol–water partition coefficient (Wildman–Crippen LogP) is 5.81. The van der Waals surface area contributed by atoms with Crippen molar-refractivity contribution in [2.75, 3.05) is 30.8 Å². The lowest BCUT2D eigenvalue weighted by Gasteiger charge is -2.33. The molecule has 0 saturated carbocycles. The van der Waals surface area contributed by atoms with E-state index in [4.69, 9.17) is 4.74 Å². The van der Waals surface area contributed by atoms with Crippen LogP contribution in [0.4, 0.5) is 14.5 Å². The molecule has 0 radical (unpaired) electrons. The van der Waals surface area contributed by atoms with Gasteiger partial charge in [0.15, 0.2) is 0 Å². The molecule has 1 saturated heterocycles. The minimum atomic E-state index is -0.345. The van der Waals surface area contributed by atoms with Crippen LogP contribution in [0.3, 0.4) is 0 Å². The lowest BCUT2D eigenvalue weighted by Crippen LogP contribution is -2.41. The topological polar surface area (TPSA) is 82.6 Å². The van der Waals surface area contributed by atoms with E-state index in [9.17, 15) is 14.3 Å². The first-order valence-electron chi connectivity index (χ1n) is 14.5. The van der Waals surface area contributed by atoms with Crippen molar-refractivity contribution in [3.8, 4) is 0 Å². The van der Waals surface area contributed by atoms with E-state index in [2.05, 4.69) is 22.3 Å². The molecule has 40 heavy (non-hydrogen) atoms. The minimum Gasteiger partial charge on any atom is -0.395 e. The highest BCUT2D eigenvalue weighted by molar-refractivity contribution is 7.97. The van der Waals surface area contributed by atoms with Gasteiger partial charge in [-0.2, -0.15) is 0 Å². The number of hydrogen-bond donors (Lipinski definition) is 4. The molecule has 6 nitrogen and oxygen atoms in total. The first-order valence-corrected chi connectivity index (χ1v) is 15.4. The zero-order chi connectivity index (χ0) is 28.9. The molecule has 1 amide bonds. The van der Waals surface area contributed by atoms with Gasteiger partial charge in [-0.1, -0.05) is 37.1 Å².